The highest BCUT2D eigenvalue weighted by Crippen LogP contribution is 2.19. The van der Waals surface area contributed by atoms with Crippen LogP contribution < -0.4 is 10.2 Å². The third-order valence-electron chi connectivity index (χ3n) is 4.32. The van der Waals surface area contributed by atoms with E-state index in [1.165, 1.54) is 6.92 Å². The van der Waals surface area contributed by atoms with Crippen LogP contribution in [0.15, 0.2) is 42.5 Å². The number of esters is 1. The smallest absolute Gasteiger partial charge is 0.341 e. The Morgan fingerprint density at radius 1 is 1.11 bits per heavy atom. The summed E-state index contributed by atoms with van der Waals surface area (Å²) >= 11 is 0. The minimum atomic E-state index is -1.16. The van der Waals surface area contributed by atoms with E-state index in [9.17, 15) is 18.4 Å². The van der Waals surface area contributed by atoms with Crippen molar-refractivity contribution in [2.75, 3.05) is 36.5 Å². The normalized spacial score (nSPS) is 15.0. The molecule has 1 heterocycles. The molecule has 0 saturated carbocycles. The van der Waals surface area contributed by atoms with Crippen LogP contribution in [-0.2, 0) is 14.3 Å². The molecule has 6 nitrogen and oxygen atoms in total. The van der Waals surface area contributed by atoms with E-state index in [1.807, 2.05) is 12.1 Å². The minimum absolute atomic E-state index is 0.434. The molecular formula is C20H20F2N2O4. The number of morpholine rings is 1. The Hall–Kier alpha value is -3.00. The minimum Gasteiger partial charge on any atom is -0.449 e. The average Bonchev–Trinajstić information content (AvgIpc) is 2.69. The number of halogens is 2. The van der Waals surface area contributed by atoms with Crippen molar-refractivity contribution in [2.24, 2.45) is 0 Å². The molecule has 1 saturated heterocycles. The first-order valence-electron chi connectivity index (χ1n) is 8.83. The van der Waals surface area contributed by atoms with E-state index in [0.717, 1.165) is 30.9 Å². The summed E-state index contributed by atoms with van der Waals surface area (Å²) < 4.78 is 36.9. The first-order chi connectivity index (χ1) is 13.4. The number of nitrogens with zero attached hydrogens (tertiary/aromatic N) is 1. The summed E-state index contributed by atoms with van der Waals surface area (Å²) in [7, 11) is 0. The van der Waals surface area contributed by atoms with Crippen LogP contribution in [0, 0.1) is 11.6 Å². The number of nitrogens with one attached hydrogen (secondary N) is 1. The molecule has 1 fully saturated rings. The molecule has 1 amide bonds. The fourth-order valence-electron chi connectivity index (χ4n) is 2.75. The van der Waals surface area contributed by atoms with Crippen molar-refractivity contribution in [2.45, 2.75) is 13.0 Å². The molecule has 1 aliphatic heterocycles. The lowest BCUT2D eigenvalue weighted by Crippen LogP contribution is -2.36. The fourth-order valence-corrected chi connectivity index (χ4v) is 2.75. The van der Waals surface area contributed by atoms with E-state index in [1.54, 1.807) is 12.1 Å². The first kappa shape index (κ1) is 19.8. The molecule has 1 aliphatic rings. The zero-order valence-corrected chi connectivity index (χ0v) is 15.3. The second kappa shape index (κ2) is 8.79. The van der Waals surface area contributed by atoms with E-state index < -0.39 is 35.2 Å². The zero-order valence-electron chi connectivity index (χ0n) is 15.3. The maximum Gasteiger partial charge on any atom is 0.341 e. The van der Waals surface area contributed by atoms with E-state index in [0.29, 0.717) is 25.0 Å². The van der Waals surface area contributed by atoms with Gasteiger partial charge in [0.1, 0.15) is 11.6 Å². The molecule has 0 aliphatic carbocycles. The molecule has 2 aromatic rings. The number of amides is 1. The molecule has 2 aromatic carbocycles. The lowest BCUT2D eigenvalue weighted by Gasteiger charge is -2.28. The number of carbonyl (C=O) groups excluding carboxylic acids is 2. The summed E-state index contributed by atoms with van der Waals surface area (Å²) in [6.45, 7) is 4.33. The molecule has 1 atom stereocenters. The van der Waals surface area contributed by atoms with Crippen molar-refractivity contribution in [3.8, 4) is 0 Å². The van der Waals surface area contributed by atoms with E-state index in [4.69, 9.17) is 9.47 Å². The Kier molecular flexibility index (Phi) is 6.20. The van der Waals surface area contributed by atoms with E-state index >= 15 is 0 Å². The van der Waals surface area contributed by atoms with Gasteiger partial charge in [0.05, 0.1) is 18.8 Å². The molecule has 0 unspecified atom stereocenters. The Morgan fingerprint density at radius 2 is 1.79 bits per heavy atom. The van der Waals surface area contributed by atoms with Crippen LogP contribution in [0.4, 0.5) is 20.2 Å². The molecule has 0 bridgehead atoms. The predicted octanol–water partition coefficient (Wildman–Crippen LogP) is 2.99. The molecule has 1 N–H and O–H groups in total. The molecule has 148 valence electrons. The molecule has 28 heavy (non-hydrogen) atoms. The van der Waals surface area contributed by atoms with Crippen LogP contribution in [0.2, 0.25) is 0 Å². The molecule has 0 aromatic heterocycles. The highest BCUT2D eigenvalue weighted by molar-refractivity contribution is 5.97. The average molecular weight is 390 g/mol. The van der Waals surface area contributed by atoms with Gasteiger partial charge >= 0.3 is 5.97 Å². The van der Waals surface area contributed by atoms with Crippen molar-refractivity contribution in [3.63, 3.8) is 0 Å². The first-order valence-corrected chi connectivity index (χ1v) is 8.83. The van der Waals surface area contributed by atoms with Crippen LogP contribution in [-0.4, -0.2) is 44.3 Å². The number of rotatable bonds is 5. The van der Waals surface area contributed by atoms with Crippen LogP contribution in [0.5, 0.6) is 0 Å². The van der Waals surface area contributed by atoms with Crippen LogP contribution in [0.25, 0.3) is 0 Å². The number of ether oxygens (including phenoxy) is 2. The number of hydrogen-bond donors (Lipinski definition) is 1. The standard InChI is InChI=1S/C20H20F2N2O4/c1-13(28-20(26)17-7-2-14(21)12-18(17)22)19(25)23-15-3-5-16(6-4-15)24-8-10-27-11-9-24/h2-7,12-13H,8-11H2,1H3,(H,23,25)/t13-/m0/s1. The third kappa shape index (κ3) is 4.83. The van der Waals surface area contributed by atoms with Crippen molar-refractivity contribution >= 4 is 23.3 Å². The Morgan fingerprint density at radius 3 is 2.43 bits per heavy atom. The number of benzene rings is 2. The fraction of sp³-hybridized carbons (Fsp3) is 0.300. The van der Waals surface area contributed by atoms with Crippen molar-refractivity contribution in [1.29, 1.82) is 0 Å². The highest BCUT2D eigenvalue weighted by Gasteiger charge is 2.21. The molecule has 3 rings (SSSR count). The topological polar surface area (TPSA) is 67.9 Å². The summed E-state index contributed by atoms with van der Waals surface area (Å²) in [6, 6.07) is 9.75. The van der Waals surface area contributed by atoms with Gasteiger partial charge in [-0.15, -0.1) is 0 Å². The van der Waals surface area contributed by atoms with Gasteiger partial charge in [0.25, 0.3) is 5.91 Å². The number of anilines is 2. The Labute approximate surface area is 161 Å². The molecule has 0 spiro atoms. The van der Waals surface area contributed by atoms with Gasteiger partial charge in [-0.3, -0.25) is 4.79 Å². The maximum absolute atomic E-state index is 13.6. The van der Waals surface area contributed by atoms with Gasteiger partial charge in [-0.05, 0) is 43.3 Å². The van der Waals surface area contributed by atoms with Gasteiger partial charge in [0, 0.05) is 30.5 Å². The van der Waals surface area contributed by atoms with Crippen molar-refractivity contribution in [3.05, 3.63) is 59.7 Å². The van der Waals surface area contributed by atoms with Gasteiger partial charge in [-0.1, -0.05) is 0 Å². The monoisotopic (exact) mass is 390 g/mol. The number of hydrogen-bond acceptors (Lipinski definition) is 5. The van der Waals surface area contributed by atoms with Crippen LogP contribution in [0.3, 0.4) is 0 Å². The lowest BCUT2D eigenvalue weighted by molar-refractivity contribution is -0.123. The zero-order chi connectivity index (χ0) is 20.1. The summed E-state index contributed by atoms with van der Waals surface area (Å²) in [6.07, 6.45) is -1.16. The Bertz CT molecular complexity index is 852. The summed E-state index contributed by atoms with van der Waals surface area (Å²) in [4.78, 5) is 26.4. The predicted molar refractivity (Wildman–Crippen MR) is 99.3 cm³/mol. The summed E-state index contributed by atoms with van der Waals surface area (Å²) in [5.41, 5.74) is 1.13. The quantitative estimate of drug-likeness (QED) is 0.795. The molecular weight excluding hydrogens is 370 g/mol. The van der Waals surface area contributed by atoms with Gasteiger partial charge in [-0.25, -0.2) is 13.6 Å². The van der Waals surface area contributed by atoms with Gasteiger partial charge in [0.15, 0.2) is 6.10 Å². The summed E-state index contributed by atoms with van der Waals surface area (Å²) in [5.74, 6) is -3.45. The highest BCUT2D eigenvalue weighted by atomic mass is 19.1. The molecule has 0 radical (unpaired) electrons. The van der Waals surface area contributed by atoms with Gasteiger partial charge < -0.3 is 19.7 Å². The van der Waals surface area contributed by atoms with Gasteiger partial charge in [-0.2, -0.15) is 0 Å². The van der Waals surface area contributed by atoms with Gasteiger partial charge in [0.2, 0.25) is 0 Å². The second-order valence-corrected chi connectivity index (χ2v) is 6.31. The number of carbonyl (C=O) groups is 2. The molecule has 8 heteroatoms. The van der Waals surface area contributed by atoms with E-state index in [2.05, 4.69) is 10.2 Å². The maximum atomic E-state index is 13.6. The van der Waals surface area contributed by atoms with Crippen molar-refractivity contribution < 1.29 is 27.8 Å². The van der Waals surface area contributed by atoms with Crippen LogP contribution in [0.1, 0.15) is 17.3 Å². The second-order valence-electron chi connectivity index (χ2n) is 6.31. The van der Waals surface area contributed by atoms with Crippen LogP contribution >= 0.6 is 0 Å². The largest absolute Gasteiger partial charge is 0.449 e. The Balaban J connectivity index is 1.56. The summed E-state index contributed by atoms with van der Waals surface area (Å²) in [5, 5.41) is 2.64. The SMILES string of the molecule is C[C@H](OC(=O)c1ccc(F)cc1F)C(=O)Nc1ccc(N2CCOCC2)cc1. The van der Waals surface area contributed by atoms with Crippen molar-refractivity contribution in [1.82, 2.24) is 0 Å². The van der Waals surface area contributed by atoms with E-state index in [-0.39, 0.29) is 0 Å². The third-order valence-corrected chi connectivity index (χ3v) is 4.32. The lowest BCUT2D eigenvalue weighted by atomic mass is 10.2.